The standard InChI is InChI=1S/C13H22N4O/c1-2-16-6-4-12(5-7-16)15-13(18)17-8-3-11(9-14)10-17/h11-12H,2-8,10H2,1H3,(H,15,18). The zero-order valence-corrected chi connectivity index (χ0v) is 11.1. The molecule has 18 heavy (non-hydrogen) atoms. The van der Waals surface area contributed by atoms with Gasteiger partial charge in [0.1, 0.15) is 0 Å². The molecule has 2 aliphatic heterocycles. The van der Waals surface area contributed by atoms with Crippen molar-refractivity contribution in [2.45, 2.75) is 32.2 Å². The maximum absolute atomic E-state index is 12.0. The highest BCUT2D eigenvalue weighted by Gasteiger charge is 2.28. The summed E-state index contributed by atoms with van der Waals surface area (Å²) in [6, 6.07) is 2.56. The van der Waals surface area contributed by atoms with Crippen LogP contribution in [0.15, 0.2) is 0 Å². The topological polar surface area (TPSA) is 59.4 Å². The Labute approximate surface area is 109 Å². The lowest BCUT2D eigenvalue weighted by atomic mass is 10.1. The van der Waals surface area contributed by atoms with E-state index in [-0.39, 0.29) is 11.9 Å². The van der Waals surface area contributed by atoms with Crippen molar-refractivity contribution in [2.24, 2.45) is 5.92 Å². The Kier molecular flexibility index (Phi) is 4.43. The summed E-state index contributed by atoms with van der Waals surface area (Å²) in [5.74, 6) is 0.0256. The Hall–Kier alpha value is -1.28. The molecule has 0 aliphatic carbocycles. The monoisotopic (exact) mass is 250 g/mol. The van der Waals surface area contributed by atoms with E-state index in [1.807, 2.05) is 0 Å². The van der Waals surface area contributed by atoms with E-state index in [0.717, 1.165) is 45.4 Å². The normalized spacial score (nSPS) is 26.0. The number of hydrogen-bond acceptors (Lipinski definition) is 3. The van der Waals surface area contributed by atoms with Crippen molar-refractivity contribution in [2.75, 3.05) is 32.7 Å². The smallest absolute Gasteiger partial charge is 0.317 e. The molecule has 0 aromatic carbocycles. The molecule has 0 aromatic heterocycles. The van der Waals surface area contributed by atoms with E-state index in [2.05, 4.69) is 23.2 Å². The van der Waals surface area contributed by atoms with E-state index in [1.165, 1.54) is 0 Å². The molecule has 2 aliphatic rings. The fourth-order valence-corrected chi connectivity index (χ4v) is 2.71. The van der Waals surface area contributed by atoms with Gasteiger partial charge in [-0.1, -0.05) is 6.92 Å². The lowest BCUT2D eigenvalue weighted by Crippen LogP contribution is -2.48. The van der Waals surface area contributed by atoms with Gasteiger partial charge in [-0.3, -0.25) is 0 Å². The maximum atomic E-state index is 12.0. The predicted molar refractivity (Wildman–Crippen MR) is 69.0 cm³/mol. The molecular formula is C13H22N4O. The van der Waals surface area contributed by atoms with Gasteiger partial charge in [0.05, 0.1) is 12.0 Å². The fraction of sp³-hybridized carbons (Fsp3) is 0.846. The van der Waals surface area contributed by atoms with Gasteiger partial charge in [0.15, 0.2) is 0 Å². The van der Waals surface area contributed by atoms with Crippen LogP contribution in [0.25, 0.3) is 0 Å². The summed E-state index contributed by atoms with van der Waals surface area (Å²) in [7, 11) is 0. The molecule has 0 spiro atoms. The minimum absolute atomic E-state index is 0.0164. The Morgan fingerprint density at radius 3 is 2.61 bits per heavy atom. The van der Waals surface area contributed by atoms with Crippen molar-refractivity contribution in [1.82, 2.24) is 15.1 Å². The van der Waals surface area contributed by atoms with Crippen LogP contribution in [-0.2, 0) is 0 Å². The molecule has 2 heterocycles. The molecule has 2 rings (SSSR count). The summed E-state index contributed by atoms with van der Waals surface area (Å²) >= 11 is 0. The van der Waals surface area contributed by atoms with Gasteiger partial charge in [0.2, 0.25) is 0 Å². The molecule has 1 N–H and O–H groups in total. The van der Waals surface area contributed by atoms with Crippen molar-refractivity contribution in [3.05, 3.63) is 0 Å². The molecule has 100 valence electrons. The van der Waals surface area contributed by atoms with E-state index in [9.17, 15) is 4.79 Å². The molecule has 2 amide bonds. The molecule has 2 fully saturated rings. The number of hydrogen-bond donors (Lipinski definition) is 1. The average molecular weight is 250 g/mol. The lowest BCUT2D eigenvalue weighted by molar-refractivity contribution is 0.181. The molecule has 1 atom stereocenters. The van der Waals surface area contributed by atoms with Crippen LogP contribution in [0.1, 0.15) is 26.2 Å². The van der Waals surface area contributed by atoms with E-state index in [0.29, 0.717) is 12.6 Å². The van der Waals surface area contributed by atoms with Gasteiger partial charge < -0.3 is 15.1 Å². The number of nitrogens with zero attached hydrogens (tertiary/aromatic N) is 3. The molecule has 0 bridgehead atoms. The van der Waals surface area contributed by atoms with Gasteiger partial charge in [0, 0.05) is 32.2 Å². The van der Waals surface area contributed by atoms with Crippen LogP contribution in [0, 0.1) is 17.2 Å². The predicted octanol–water partition coefficient (Wildman–Crippen LogP) is 1.03. The van der Waals surface area contributed by atoms with Crippen LogP contribution in [0.2, 0.25) is 0 Å². The van der Waals surface area contributed by atoms with Gasteiger partial charge in [-0.2, -0.15) is 5.26 Å². The third-order valence-corrected chi connectivity index (χ3v) is 4.02. The zero-order valence-electron chi connectivity index (χ0n) is 11.1. The molecule has 5 nitrogen and oxygen atoms in total. The molecule has 1 unspecified atom stereocenters. The van der Waals surface area contributed by atoms with Crippen molar-refractivity contribution in [3.63, 3.8) is 0 Å². The van der Waals surface area contributed by atoms with Gasteiger partial charge in [0.25, 0.3) is 0 Å². The van der Waals surface area contributed by atoms with Crippen LogP contribution in [0.3, 0.4) is 0 Å². The summed E-state index contributed by atoms with van der Waals surface area (Å²) in [5.41, 5.74) is 0. The van der Waals surface area contributed by atoms with Crippen LogP contribution in [0.4, 0.5) is 4.79 Å². The fourth-order valence-electron chi connectivity index (χ4n) is 2.71. The summed E-state index contributed by atoms with van der Waals surface area (Å²) in [6.07, 6.45) is 2.89. The SMILES string of the molecule is CCN1CCC(NC(=O)N2CCC(C#N)C2)CC1. The van der Waals surface area contributed by atoms with Gasteiger partial charge in [-0.25, -0.2) is 4.79 Å². The highest BCUT2D eigenvalue weighted by molar-refractivity contribution is 5.74. The summed E-state index contributed by atoms with van der Waals surface area (Å²) < 4.78 is 0. The van der Waals surface area contributed by atoms with Crippen LogP contribution < -0.4 is 5.32 Å². The molecule has 5 heteroatoms. The van der Waals surface area contributed by atoms with E-state index < -0.39 is 0 Å². The highest BCUT2D eigenvalue weighted by atomic mass is 16.2. The second kappa shape index (κ2) is 6.05. The number of urea groups is 1. The maximum Gasteiger partial charge on any atom is 0.317 e. The first kappa shape index (κ1) is 13.2. The minimum atomic E-state index is 0.0164. The quantitative estimate of drug-likeness (QED) is 0.796. The third-order valence-electron chi connectivity index (χ3n) is 4.02. The summed E-state index contributed by atoms with van der Waals surface area (Å²) in [5, 5.41) is 11.9. The second-order valence-corrected chi connectivity index (χ2v) is 5.22. The van der Waals surface area contributed by atoms with Gasteiger partial charge >= 0.3 is 6.03 Å². The van der Waals surface area contributed by atoms with Crippen LogP contribution >= 0.6 is 0 Å². The molecule has 2 saturated heterocycles. The number of amides is 2. The van der Waals surface area contributed by atoms with Crippen molar-refractivity contribution < 1.29 is 4.79 Å². The first-order chi connectivity index (χ1) is 8.72. The minimum Gasteiger partial charge on any atom is -0.335 e. The summed E-state index contributed by atoms with van der Waals surface area (Å²) in [6.45, 7) is 6.72. The van der Waals surface area contributed by atoms with Crippen molar-refractivity contribution >= 4 is 6.03 Å². The number of carbonyl (C=O) groups is 1. The number of likely N-dealkylation sites (tertiary alicyclic amines) is 2. The summed E-state index contributed by atoms with van der Waals surface area (Å²) in [4.78, 5) is 16.2. The molecular weight excluding hydrogens is 228 g/mol. The molecule has 0 radical (unpaired) electrons. The van der Waals surface area contributed by atoms with E-state index >= 15 is 0 Å². The molecule has 0 aromatic rings. The number of carbonyl (C=O) groups excluding carboxylic acids is 1. The van der Waals surface area contributed by atoms with Gasteiger partial charge in [-0.15, -0.1) is 0 Å². The number of nitrogens with one attached hydrogen (secondary N) is 1. The van der Waals surface area contributed by atoms with Crippen molar-refractivity contribution in [1.29, 1.82) is 5.26 Å². The second-order valence-electron chi connectivity index (χ2n) is 5.22. The Morgan fingerprint density at radius 2 is 2.06 bits per heavy atom. The first-order valence-corrected chi connectivity index (χ1v) is 6.90. The van der Waals surface area contributed by atoms with Crippen LogP contribution in [-0.4, -0.2) is 54.6 Å². The van der Waals surface area contributed by atoms with E-state index in [4.69, 9.17) is 5.26 Å². The van der Waals surface area contributed by atoms with E-state index in [1.54, 1.807) is 4.90 Å². The Balaban J connectivity index is 1.74. The van der Waals surface area contributed by atoms with Gasteiger partial charge in [-0.05, 0) is 25.8 Å². The van der Waals surface area contributed by atoms with Crippen LogP contribution in [0.5, 0.6) is 0 Å². The zero-order chi connectivity index (χ0) is 13.0. The highest BCUT2D eigenvalue weighted by Crippen LogP contribution is 2.16. The number of rotatable bonds is 2. The Bertz CT molecular complexity index is 330. The molecule has 0 saturated carbocycles. The number of piperidine rings is 1. The van der Waals surface area contributed by atoms with Crippen molar-refractivity contribution in [3.8, 4) is 6.07 Å². The third kappa shape index (κ3) is 3.14. The first-order valence-electron chi connectivity index (χ1n) is 6.90. The Morgan fingerprint density at radius 1 is 1.33 bits per heavy atom. The number of nitriles is 1. The lowest BCUT2D eigenvalue weighted by Gasteiger charge is -2.32. The average Bonchev–Trinajstić information content (AvgIpc) is 2.88. The largest absolute Gasteiger partial charge is 0.335 e.